The van der Waals surface area contributed by atoms with E-state index in [0.717, 1.165) is 18.2 Å². The van der Waals surface area contributed by atoms with E-state index in [1.165, 1.54) is 12.4 Å². The lowest BCUT2D eigenvalue weighted by atomic mass is 9.98. The van der Waals surface area contributed by atoms with Gasteiger partial charge in [-0.2, -0.15) is 0 Å². The van der Waals surface area contributed by atoms with Gasteiger partial charge in [0.15, 0.2) is 5.78 Å². The summed E-state index contributed by atoms with van der Waals surface area (Å²) < 4.78 is 0. The maximum Gasteiger partial charge on any atom is 0.246 e. The molecule has 0 spiro atoms. The third-order valence-corrected chi connectivity index (χ3v) is 5.04. The Balaban J connectivity index is 1.86. The summed E-state index contributed by atoms with van der Waals surface area (Å²) in [5.41, 5.74) is 1.26. The molecule has 0 aromatic carbocycles. The first-order chi connectivity index (χ1) is 12.9. The molecule has 0 aliphatic carbocycles. The summed E-state index contributed by atoms with van der Waals surface area (Å²) in [5.74, 6) is 0.937. The molecule has 144 valence electrons. The van der Waals surface area contributed by atoms with Crippen molar-refractivity contribution in [2.24, 2.45) is 5.92 Å². The molecule has 1 fully saturated rings. The largest absolute Gasteiger partial charge is 0.365 e. The molecule has 1 saturated heterocycles. The second kappa shape index (κ2) is 7.90. The van der Waals surface area contributed by atoms with Crippen LogP contribution >= 0.6 is 0 Å². The summed E-state index contributed by atoms with van der Waals surface area (Å²) in [4.78, 5) is 38.3. The predicted molar refractivity (Wildman–Crippen MR) is 106 cm³/mol. The second-order valence-corrected chi connectivity index (χ2v) is 7.63. The van der Waals surface area contributed by atoms with Crippen LogP contribution in [-0.4, -0.2) is 50.2 Å². The van der Waals surface area contributed by atoms with Gasteiger partial charge in [0.05, 0.1) is 5.39 Å². The molecule has 7 nitrogen and oxygen atoms in total. The predicted octanol–water partition coefficient (Wildman–Crippen LogP) is 3.16. The van der Waals surface area contributed by atoms with Crippen LogP contribution in [0.2, 0.25) is 0 Å². The summed E-state index contributed by atoms with van der Waals surface area (Å²) in [7, 11) is 0. The monoisotopic (exact) mass is 369 g/mol. The van der Waals surface area contributed by atoms with Crippen LogP contribution in [0.5, 0.6) is 0 Å². The van der Waals surface area contributed by atoms with Crippen LogP contribution in [0.1, 0.15) is 50.4 Å². The minimum atomic E-state index is -0.0590. The molecule has 3 heterocycles. The van der Waals surface area contributed by atoms with Crippen molar-refractivity contribution in [2.45, 2.75) is 52.1 Å². The molecule has 0 saturated carbocycles. The van der Waals surface area contributed by atoms with Crippen molar-refractivity contribution in [3.05, 3.63) is 30.7 Å². The van der Waals surface area contributed by atoms with Gasteiger partial charge in [0, 0.05) is 36.8 Å². The van der Waals surface area contributed by atoms with Gasteiger partial charge in [-0.25, -0.2) is 9.97 Å². The van der Waals surface area contributed by atoms with Gasteiger partial charge < -0.3 is 15.2 Å². The molecule has 0 radical (unpaired) electrons. The van der Waals surface area contributed by atoms with E-state index in [2.05, 4.69) is 33.8 Å². The van der Waals surface area contributed by atoms with E-state index in [9.17, 15) is 9.59 Å². The maximum absolute atomic E-state index is 12.6. The Kier molecular flexibility index (Phi) is 5.58. The van der Waals surface area contributed by atoms with E-state index < -0.39 is 0 Å². The summed E-state index contributed by atoms with van der Waals surface area (Å²) in [6.45, 7) is 10.3. The number of H-pyrrole nitrogens is 1. The molecule has 3 rings (SSSR count). The molecule has 1 aliphatic rings. The maximum atomic E-state index is 12.6. The fourth-order valence-electron chi connectivity index (χ4n) is 3.62. The number of aromatic amines is 1. The van der Waals surface area contributed by atoms with Crippen molar-refractivity contribution in [1.29, 1.82) is 0 Å². The topological polar surface area (TPSA) is 91.0 Å². The van der Waals surface area contributed by atoms with Crippen molar-refractivity contribution >= 4 is 28.5 Å². The van der Waals surface area contributed by atoms with Crippen molar-refractivity contribution < 1.29 is 9.59 Å². The highest BCUT2D eigenvalue weighted by Gasteiger charge is 2.28. The number of rotatable bonds is 6. The highest BCUT2D eigenvalue weighted by molar-refractivity contribution is 6.10. The van der Waals surface area contributed by atoms with Crippen molar-refractivity contribution in [3.63, 3.8) is 0 Å². The molecule has 2 N–H and O–H groups in total. The number of hydrogen-bond acceptors (Lipinski definition) is 5. The van der Waals surface area contributed by atoms with Crippen LogP contribution in [-0.2, 0) is 4.79 Å². The van der Waals surface area contributed by atoms with Gasteiger partial charge in [0.2, 0.25) is 5.91 Å². The van der Waals surface area contributed by atoms with E-state index in [-0.39, 0.29) is 29.7 Å². The Hall–Kier alpha value is -2.70. The zero-order valence-corrected chi connectivity index (χ0v) is 16.2. The molecule has 7 heteroatoms. The minimum absolute atomic E-state index is 0.0590. The first-order valence-electron chi connectivity index (χ1n) is 9.45. The third kappa shape index (κ3) is 4.02. The number of nitrogens with one attached hydrogen (secondary N) is 2. The van der Waals surface area contributed by atoms with E-state index in [0.29, 0.717) is 30.0 Å². The summed E-state index contributed by atoms with van der Waals surface area (Å²) in [5, 5.41) is 4.16. The zero-order valence-electron chi connectivity index (χ0n) is 16.2. The second-order valence-electron chi connectivity index (χ2n) is 7.63. The van der Waals surface area contributed by atoms with Crippen LogP contribution in [0.3, 0.4) is 0 Å². The molecule has 2 aromatic rings. The van der Waals surface area contributed by atoms with Gasteiger partial charge in [0.1, 0.15) is 17.8 Å². The minimum Gasteiger partial charge on any atom is -0.365 e. The molecule has 2 atom stereocenters. The lowest BCUT2D eigenvalue weighted by Gasteiger charge is -2.38. The molecular weight excluding hydrogens is 342 g/mol. The Labute approximate surface area is 159 Å². The summed E-state index contributed by atoms with van der Waals surface area (Å²) in [6.07, 6.45) is 6.85. The average Bonchev–Trinajstić information content (AvgIpc) is 3.07. The normalized spacial score (nSPS) is 20.1. The van der Waals surface area contributed by atoms with Gasteiger partial charge in [-0.05, 0) is 31.8 Å². The molecule has 0 bridgehead atoms. The lowest BCUT2D eigenvalue weighted by molar-refractivity contribution is -0.129. The Morgan fingerprint density at radius 1 is 1.41 bits per heavy atom. The van der Waals surface area contributed by atoms with Crippen LogP contribution in [0, 0.1) is 5.92 Å². The number of ketones is 1. The first kappa shape index (κ1) is 19.1. The van der Waals surface area contributed by atoms with Gasteiger partial charge in [-0.3, -0.25) is 9.59 Å². The van der Waals surface area contributed by atoms with E-state index in [1.54, 1.807) is 6.20 Å². The lowest BCUT2D eigenvalue weighted by Crippen LogP contribution is -2.49. The Morgan fingerprint density at radius 2 is 2.19 bits per heavy atom. The van der Waals surface area contributed by atoms with Crippen molar-refractivity contribution in [1.82, 2.24) is 19.9 Å². The number of nitrogens with zero attached hydrogens (tertiary/aromatic N) is 3. The van der Waals surface area contributed by atoms with Gasteiger partial charge in [0.25, 0.3) is 0 Å². The van der Waals surface area contributed by atoms with Gasteiger partial charge in [-0.15, -0.1) is 0 Å². The van der Waals surface area contributed by atoms with E-state index in [4.69, 9.17) is 0 Å². The SMILES string of the molecule is C=CC(=O)N1C[C@H](Nc2ncnc3[nH]cc(C(=O)CC(C)C)c23)CC[C@@H]1C. The number of piperidine rings is 1. The molecule has 1 aliphatic heterocycles. The molecule has 0 unspecified atom stereocenters. The van der Waals surface area contributed by atoms with Gasteiger partial charge in [-0.1, -0.05) is 20.4 Å². The first-order valence-corrected chi connectivity index (χ1v) is 9.45. The van der Waals surface area contributed by atoms with Crippen LogP contribution in [0.4, 0.5) is 5.82 Å². The smallest absolute Gasteiger partial charge is 0.246 e. The Bertz CT molecular complexity index is 857. The molecule has 2 aromatic heterocycles. The number of carbonyl (C=O) groups excluding carboxylic acids is 2. The standard InChI is InChI=1S/C20H27N5O2/c1-5-17(27)25-10-14(7-6-13(25)4)24-20-18-15(16(26)8-12(2)3)9-21-19(18)22-11-23-20/h5,9,11-14H,1,6-8,10H2,2-4H3,(H2,21,22,23,24)/t13-,14+/m0/s1. The number of aromatic nitrogens is 3. The van der Waals surface area contributed by atoms with E-state index in [1.807, 2.05) is 18.7 Å². The van der Waals surface area contributed by atoms with E-state index >= 15 is 0 Å². The number of fused-ring (bicyclic) bond motifs is 1. The average molecular weight is 369 g/mol. The van der Waals surface area contributed by atoms with Crippen LogP contribution in [0.25, 0.3) is 11.0 Å². The van der Waals surface area contributed by atoms with Crippen molar-refractivity contribution in [2.75, 3.05) is 11.9 Å². The number of anilines is 1. The fourth-order valence-corrected chi connectivity index (χ4v) is 3.62. The highest BCUT2D eigenvalue weighted by Crippen LogP contribution is 2.28. The third-order valence-electron chi connectivity index (χ3n) is 5.04. The summed E-state index contributed by atoms with van der Waals surface area (Å²) >= 11 is 0. The van der Waals surface area contributed by atoms with Crippen LogP contribution in [0.15, 0.2) is 25.2 Å². The zero-order chi connectivity index (χ0) is 19.6. The molecule has 27 heavy (non-hydrogen) atoms. The summed E-state index contributed by atoms with van der Waals surface area (Å²) in [6, 6.07) is 0.251. The highest BCUT2D eigenvalue weighted by atomic mass is 16.2. The number of likely N-dealkylation sites (tertiary alicyclic amines) is 1. The molecule has 1 amide bonds. The van der Waals surface area contributed by atoms with Crippen LogP contribution < -0.4 is 5.32 Å². The van der Waals surface area contributed by atoms with Gasteiger partial charge >= 0.3 is 0 Å². The number of amides is 1. The molecular formula is C20H27N5O2. The van der Waals surface area contributed by atoms with Crippen molar-refractivity contribution in [3.8, 4) is 0 Å². The number of Topliss-reactive ketones (excluding diaryl/α,β-unsaturated/α-hetero) is 1. The quantitative estimate of drug-likeness (QED) is 0.603. The number of carbonyl (C=O) groups is 2. The fraction of sp³-hybridized carbons (Fsp3) is 0.500. The Morgan fingerprint density at radius 3 is 2.89 bits per heavy atom. The number of hydrogen-bond donors (Lipinski definition) is 2.